The summed E-state index contributed by atoms with van der Waals surface area (Å²) in [6.07, 6.45) is 5.74. The lowest BCUT2D eigenvalue weighted by Crippen LogP contribution is -2.28. The molecule has 0 unspecified atom stereocenters. The number of rotatable bonds is 9. The zero-order valence-electron chi connectivity index (χ0n) is 43.9. The molecule has 4 aromatic heterocycles. The highest BCUT2D eigenvalue weighted by Crippen LogP contribution is 2.52. The lowest BCUT2D eigenvalue weighted by Gasteiger charge is -2.33. The highest BCUT2D eigenvalue weighted by atomic mass is 15.2. The van der Waals surface area contributed by atoms with Crippen molar-refractivity contribution >= 4 is 98.9 Å². The van der Waals surface area contributed by atoms with E-state index in [1.165, 1.54) is 0 Å². The molecule has 0 aliphatic heterocycles. The molecule has 0 amide bonds. The molecule has 11 aromatic carbocycles. The van der Waals surface area contributed by atoms with E-state index in [9.17, 15) is 5.41 Å². The Morgan fingerprint density at radius 2 is 0.662 bits per heavy atom. The highest BCUT2D eigenvalue weighted by molar-refractivity contribution is 6.22. The third kappa shape index (κ3) is 7.00. The van der Waals surface area contributed by atoms with Gasteiger partial charge in [0.05, 0.1) is 72.4 Å². The fourth-order valence-corrected chi connectivity index (χ4v) is 12.7. The van der Waals surface area contributed by atoms with Gasteiger partial charge >= 0.3 is 0 Å². The van der Waals surface area contributed by atoms with Gasteiger partial charge in [-0.3, -0.25) is 5.41 Å². The van der Waals surface area contributed by atoms with Crippen LogP contribution in [0.1, 0.15) is 11.1 Å². The molecule has 1 N–H and O–H groups in total. The van der Waals surface area contributed by atoms with Crippen molar-refractivity contribution in [3.63, 3.8) is 0 Å². The SMILES string of the molecule is C=C/C=C\N(C)C(=NC(=N)c1ccccc1)c1c(-c2ccccc2)c(-n2c3ccccc3c3ccccc32)c(-n2c3ccccc3c3ccccc32)c(-n2c3ccccc3c3ccccc32)c1-n1c2ccccc2c2ccccc21. The standard InChI is InChI=1S/C73H51N7/c1-3-4-47-76(2)73(75-72(74)49-29-9-6-10-30-49)67-66(48-27-7-5-8-28-48)68(77-58-39-19-11-31-50(58)51-32-12-20-40-59(51)77)70(79-62-43-23-15-35-54(62)55-36-16-24-44-63(55)79)71(80-64-45-25-17-37-56(64)57-38-18-26-46-65(57)80)69(67)78-60-41-21-13-33-52(60)53-34-14-22-42-61(53)78/h3-47,74H,1H2,2H3/b47-4-,74-72?,75-73?. The number of para-hydroxylation sites is 8. The van der Waals surface area contributed by atoms with E-state index in [0.717, 1.165) is 127 Å². The Hall–Kier alpha value is -10.8. The van der Waals surface area contributed by atoms with Crippen molar-refractivity contribution in [2.75, 3.05) is 7.05 Å². The molecule has 7 nitrogen and oxygen atoms in total. The van der Waals surface area contributed by atoms with Crippen molar-refractivity contribution in [1.82, 2.24) is 23.2 Å². The molecule has 7 heteroatoms. The minimum Gasteiger partial charge on any atom is -0.335 e. The molecule has 80 heavy (non-hydrogen) atoms. The van der Waals surface area contributed by atoms with Gasteiger partial charge in [-0.1, -0.05) is 219 Å². The normalized spacial score (nSPS) is 12.2. The number of benzene rings is 11. The van der Waals surface area contributed by atoms with Crippen LogP contribution in [-0.2, 0) is 0 Å². The maximum absolute atomic E-state index is 10.1. The van der Waals surface area contributed by atoms with Gasteiger partial charge in [0.2, 0.25) is 0 Å². The Labute approximate surface area is 461 Å². The van der Waals surface area contributed by atoms with Gasteiger partial charge in [0, 0.05) is 67.5 Å². The number of amidine groups is 2. The Balaban J connectivity index is 1.35. The van der Waals surface area contributed by atoms with Crippen LogP contribution in [0.2, 0.25) is 0 Å². The lowest BCUT2D eigenvalue weighted by molar-refractivity contribution is 0.689. The molecule has 0 atom stereocenters. The summed E-state index contributed by atoms with van der Waals surface area (Å²) in [5, 5.41) is 19.2. The van der Waals surface area contributed by atoms with Crippen LogP contribution in [0.15, 0.2) is 285 Å². The highest BCUT2D eigenvalue weighted by Gasteiger charge is 2.37. The maximum Gasteiger partial charge on any atom is 0.154 e. The molecule has 0 saturated carbocycles. The van der Waals surface area contributed by atoms with Crippen molar-refractivity contribution in [1.29, 1.82) is 5.41 Å². The molecule has 0 bridgehead atoms. The second-order valence-corrected chi connectivity index (χ2v) is 20.3. The zero-order valence-corrected chi connectivity index (χ0v) is 43.9. The molecule has 15 rings (SSSR count). The third-order valence-corrected chi connectivity index (χ3v) is 15.9. The fourth-order valence-electron chi connectivity index (χ4n) is 12.7. The predicted molar refractivity (Wildman–Crippen MR) is 336 cm³/mol. The molecule has 0 aliphatic carbocycles. The van der Waals surface area contributed by atoms with Crippen LogP contribution < -0.4 is 0 Å². The van der Waals surface area contributed by atoms with Crippen molar-refractivity contribution in [2.24, 2.45) is 4.99 Å². The summed E-state index contributed by atoms with van der Waals surface area (Å²) in [7, 11) is 2.04. The Kier molecular flexibility index (Phi) is 10.9. The van der Waals surface area contributed by atoms with Gasteiger partial charge < -0.3 is 23.2 Å². The van der Waals surface area contributed by atoms with Gasteiger partial charge in [-0.2, -0.15) is 0 Å². The second kappa shape index (κ2) is 18.8. The van der Waals surface area contributed by atoms with Crippen molar-refractivity contribution < 1.29 is 0 Å². The van der Waals surface area contributed by atoms with E-state index in [1.807, 2.05) is 49.7 Å². The van der Waals surface area contributed by atoms with Crippen LogP contribution >= 0.6 is 0 Å². The number of aromatic nitrogens is 4. The third-order valence-electron chi connectivity index (χ3n) is 15.9. The average molecular weight is 1030 g/mol. The molecule has 4 heterocycles. The Morgan fingerprint density at radius 3 is 1.01 bits per heavy atom. The summed E-state index contributed by atoms with van der Waals surface area (Å²) >= 11 is 0. The molecule has 0 radical (unpaired) electrons. The first kappa shape index (κ1) is 46.5. The Morgan fingerprint density at radius 1 is 0.375 bits per heavy atom. The quantitative estimate of drug-likeness (QED) is 0.0874. The monoisotopic (exact) mass is 1030 g/mol. The summed E-state index contributed by atoms with van der Waals surface area (Å²) in [5.74, 6) is 0.681. The average Bonchev–Trinajstić information content (AvgIpc) is 3.74. The fraction of sp³-hybridized carbons (Fsp3) is 0.0137. The zero-order chi connectivity index (χ0) is 53.4. The number of allylic oxidation sites excluding steroid dienone is 2. The number of hydrogen-bond donors (Lipinski definition) is 1. The summed E-state index contributed by atoms with van der Waals surface area (Å²) < 4.78 is 10.1. The number of hydrogen-bond acceptors (Lipinski definition) is 1. The van der Waals surface area contributed by atoms with Crippen LogP contribution in [0.3, 0.4) is 0 Å². The van der Waals surface area contributed by atoms with Crippen LogP contribution in [0.25, 0.3) is 121 Å². The van der Waals surface area contributed by atoms with Crippen LogP contribution in [-0.4, -0.2) is 41.9 Å². The van der Waals surface area contributed by atoms with Crippen molar-refractivity contribution in [3.05, 3.63) is 291 Å². The number of nitrogens with zero attached hydrogens (tertiary/aromatic N) is 6. The molecule has 0 saturated heterocycles. The first-order valence-corrected chi connectivity index (χ1v) is 27.1. The van der Waals surface area contributed by atoms with Gasteiger partial charge in [-0.25, -0.2) is 4.99 Å². The Bertz CT molecular complexity index is 4850. The minimum absolute atomic E-state index is 0.120. The topological polar surface area (TPSA) is 59.2 Å². The smallest absolute Gasteiger partial charge is 0.154 e. The summed E-state index contributed by atoms with van der Waals surface area (Å²) in [4.78, 5) is 7.75. The molecular weight excluding hydrogens is 975 g/mol. The first-order chi connectivity index (χ1) is 39.6. The molecule has 378 valence electrons. The summed E-state index contributed by atoms with van der Waals surface area (Å²) in [6.45, 7) is 4.16. The molecule has 0 spiro atoms. The van der Waals surface area contributed by atoms with Crippen LogP contribution in [0.4, 0.5) is 0 Å². The van der Waals surface area contributed by atoms with Gasteiger partial charge in [-0.05, 0) is 60.2 Å². The first-order valence-electron chi connectivity index (χ1n) is 27.1. The number of nitrogens with one attached hydrogen (secondary N) is 1. The van der Waals surface area contributed by atoms with E-state index < -0.39 is 0 Å². The van der Waals surface area contributed by atoms with Crippen molar-refractivity contribution in [2.45, 2.75) is 0 Å². The number of fused-ring (bicyclic) bond motifs is 12. The van der Waals surface area contributed by atoms with E-state index in [-0.39, 0.29) is 5.84 Å². The van der Waals surface area contributed by atoms with Gasteiger partial charge in [0.25, 0.3) is 0 Å². The maximum atomic E-state index is 10.1. The van der Waals surface area contributed by atoms with Crippen LogP contribution in [0.5, 0.6) is 0 Å². The summed E-state index contributed by atoms with van der Waals surface area (Å²) in [6, 6.07) is 91.3. The van der Waals surface area contributed by atoms with Crippen LogP contribution in [0, 0.1) is 5.41 Å². The predicted octanol–water partition coefficient (Wildman–Crippen LogP) is 18.1. The largest absolute Gasteiger partial charge is 0.335 e. The molecule has 0 fully saturated rings. The second-order valence-electron chi connectivity index (χ2n) is 20.3. The van der Waals surface area contributed by atoms with Gasteiger partial charge in [-0.15, -0.1) is 0 Å². The van der Waals surface area contributed by atoms with E-state index in [0.29, 0.717) is 11.4 Å². The molecule has 15 aromatic rings. The molecular formula is C73H51N7. The van der Waals surface area contributed by atoms with E-state index in [1.54, 1.807) is 6.08 Å². The molecule has 0 aliphatic rings. The lowest BCUT2D eigenvalue weighted by atomic mass is 9.90. The van der Waals surface area contributed by atoms with Crippen molar-refractivity contribution in [3.8, 4) is 33.9 Å². The van der Waals surface area contributed by atoms with E-state index in [4.69, 9.17) is 4.99 Å². The van der Waals surface area contributed by atoms with E-state index >= 15 is 0 Å². The minimum atomic E-state index is 0.120. The summed E-state index contributed by atoms with van der Waals surface area (Å²) in [5.41, 5.74) is 15.5. The van der Waals surface area contributed by atoms with Gasteiger partial charge in [0.1, 0.15) is 5.84 Å². The van der Waals surface area contributed by atoms with E-state index in [2.05, 4.69) is 254 Å². The van der Waals surface area contributed by atoms with Gasteiger partial charge in [0.15, 0.2) is 5.84 Å². The number of aliphatic imine (C=N–C) groups is 1.